The molecule has 0 nitrogen and oxygen atoms in total. The van der Waals surface area contributed by atoms with E-state index in [-0.39, 0.29) is 0 Å². The number of aryl methyl sites for hydroxylation is 2. The van der Waals surface area contributed by atoms with Crippen LogP contribution in [0.2, 0.25) is 0 Å². The predicted octanol–water partition coefficient (Wildman–Crippen LogP) is 3.72. The molecule has 2 aromatic carbocycles. The van der Waals surface area contributed by atoms with Gasteiger partial charge in [0.05, 0.1) is 0 Å². The summed E-state index contributed by atoms with van der Waals surface area (Å²) in [5.74, 6) is 0. The van der Waals surface area contributed by atoms with Crippen LogP contribution in [-0.2, 0) is 17.9 Å². The fourth-order valence-corrected chi connectivity index (χ4v) is 6.76. The summed E-state index contributed by atoms with van der Waals surface area (Å²) < 4.78 is 4.75. The van der Waals surface area contributed by atoms with Gasteiger partial charge in [0, 0.05) is 0 Å². The second-order valence-electron chi connectivity index (χ2n) is 5.43. The summed E-state index contributed by atoms with van der Waals surface area (Å²) in [5.41, 5.74) is 2.68. The molecule has 0 heterocycles. The van der Waals surface area contributed by atoms with E-state index in [9.17, 15) is 0 Å². The fourth-order valence-electron chi connectivity index (χ4n) is 2.61. The van der Waals surface area contributed by atoms with Crippen molar-refractivity contribution < 1.29 is 17.9 Å². The minimum atomic E-state index is -1.57. The first-order chi connectivity index (χ1) is 9.74. The van der Waals surface area contributed by atoms with E-state index in [2.05, 4.69) is 80.6 Å². The van der Waals surface area contributed by atoms with Crippen LogP contribution in [0.1, 0.15) is 17.5 Å². The van der Waals surface area contributed by atoms with Crippen molar-refractivity contribution in [2.45, 2.75) is 20.3 Å². The quantitative estimate of drug-likeness (QED) is 0.757. The van der Waals surface area contributed by atoms with Gasteiger partial charge in [0.15, 0.2) is 0 Å². The van der Waals surface area contributed by atoms with Crippen molar-refractivity contribution in [3.8, 4) is 0 Å². The number of allylic oxidation sites excluding steroid dienone is 4. The van der Waals surface area contributed by atoms with Crippen LogP contribution in [-0.4, -0.2) is 0 Å². The Labute approximate surface area is 127 Å². The van der Waals surface area contributed by atoms with Crippen molar-refractivity contribution in [3.63, 3.8) is 0 Å². The monoisotopic (exact) mass is 295 g/mol. The van der Waals surface area contributed by atoms with Crippen LogP contribution >= 0.6 is 0 Å². The molecule has 0 spiro atoms. The molecule has 1 heteroatoms. The number of hydrogen-bond donors (Lipinski definition) is 0. The molecule has 0 atom stereocenters. The molecule has 99 valence electrons. The molecule has 0 aromatic heterocycles. The molecule has 0 saturated carbocycles. The van der Waals surface area contributed by atoms with E-state index in [1.165, 1.54) is 11.1 Å². The molecule has 0 aliphatic heterocycles. The van der Waals surface area contributed by atoms with Crippen molar-refractivity contribution >= 4 is 7.74 Å². The SMILES string of the molecule is Cc1cc[c]([Ti]([C]2=CC=CC2)[c]2ccc(C)cc2)cc1. The van der Waals surface area contributed by atoms with Crippen molar-refractivity contribution in [1.29, 1.82) is 0 Å². The molecular weight excluding hydrogens is 276 g/mol. The maximum absolute atomic E-state index is 2.34. The molecule has 3 rings (SSSR count). The Morgan fingerprint density at radius 2 is 1.25 bits per heavy atom. The average molecular weight is 295 g/mol. The van der Waals surface area contributed by atoms with E-state index in [1.54, 1.807) is 11.6 Å². The molecule has 1 aliphatic rings. The van der Waals surface area contributed by atoms with Crippen molar-refractivity contribution in [3.05, 3.63) is 81.8 Å². The third-order valence-electron chi connectivity index (χ3n) is 3.77. The van der Waals surface area contributed by atoms with Crippen LogP contribution < -0.4 is 7.74 Å². The number of rotatable bonds is 3. The Morgan fingerprint density at radius 3 is 1.65 bits per heavy atom. The Bertz CT molecular complexity index is 600. The second-order valence-corrected chi connectivity index (χ2v) is 9.41. The van der Waals surface area contributed by atoms with Crippen LogP contribution in [0.5, 0.6) is 0 Å². The second kappa shape index (κ2) is 5.95. The van der Waals surface area contributed by atoms with Gasteiger partial charge in [-0.25, -0.2) is 0 Å². The number of hydrogen-bond acceptors (Lipinski definition) is 0. The predicted molar refractivity (Wildman–Crippen MR) is 83.5 cm³/mol. The molecule has 0 bridgehead atoms. The van der Waals surface area contributed by atoms with Gasteiger partial charge in [-0.2, -0.15) is 0 Å². The van der Waals surface area contributed by atoms with E-state index < -0.39 is 17.9 Å². The molecule has 20 heavy (non-hydrogen) atoms. The summed E-state index contributed by atoms with van der Waals surface area (Å²) in [6, 6.07) is 18.3. The van der Waals surface area contributed by atoms with E-state index in [1.807, 2.05) is 0 Å². The summed E-state index contributed by atoms with van der Waals surface area (Å²) in [5, 5.41) is 0. The summed E-state index contributed by atoms with van der Waals surface area (Å²) in [6.45, 7) is 4.32. The first kappa shape index (κ1) is 13.6. The number of benzene rings is 2. The summed E-state index contributed by atoms with van der Waals surface area (Å²) >= 11 is -1.57. The Morgan fingerprint density at radius 1 is 0.750 bits per heavy atom. The van der Waals surface area contributed by atoms with Gasteiger partial charge in [0.2, 0.25) is 0 Å². The van der Waals surface area contributed by atoms with Gasteiger partial charge < -0.3 is 0 Å². The van der Waals surface area contributed by atoms with Gasteiger partial charge in [-0.05, 0) is 0 Å². The van der Waals surface area contributed by atoms with Gasteiger partial charge >= 0.3 is 128 Å². The molecule has 0 radical (unpaired) electrons. The first-order valence-electron chi connectivity index (χ1n) is 7.11. The van der Waals surface area contributed by atoms with Crippen molar-refractivity contribution in [1.82, 2.24) is 0 Å². The summed E-state index contributed by atoms with van der Waals surface area (Å²) in [7, 11) is 0. The third kappa shape index (κ3) is 2.87. The molecule has 0 amide bonds. The zero-order valence-corrected chi connectivity index (χ0v) is 13.6. The van der Waals surface area contributed by atoms with Crippen molar-refractivity contribution in [2.75, 3.05) is 0 Å². The standard InChI is InChI=1S/2C7H7.C5H5.Ti/c2*1-7-5-3-2-4-6-7;1-2-4-5-3-1;/h2*3-6H,1H3;1-3H,4H2;. The topological polar surface area (TPSA) is 0 Å². The Kier molecular flexibility index (Phi) is 4.05. The molecule has 2 aromatic rings. The van der Waals surface area contributed by atoms with Crippen LogP contribution in [0.4, 0.5) is 0 Å². The molecule has 1 aliphatic carbocycles. The fraction of sp³-hybridized carbons (Fsp3) is 0.158. The molecule has 0 N–H and O–H groups in total. The van der Waals surface area contributed by atoms with Crippen LogP contribution in [0.25, 0.3) is 0 Å². The van der Waals surface area contributed by atoms with Gasteiger partial charge in [-0.15, -0.1) is 0 Å². The maximum atomic E-state index is 2.34. The van der Waals surface area contributed by atoms with E-state index in [0.717, 1.165) is 6.42 Å². The minimum absolute atomic E-state index is 1.14. The molecular formula is C19H19Ti. The molecule has 0 unspecified atom stereocenters. The van der Waals surface area contributed by atoms with E-state index in [0.29, 0.717) is 0 Å². The average Bonchev–Trinajstić information content (AvgIpc) is 2.97. The summed E-state index contributed by atoms with van der Waals surface area (Å²) in [4.78, 5) is 0. The van der Waals surface area contributed by atoms with Gasteiger partial charge in [0.25, 0.3) is 0 Å². The molecule has 0 fully saturated rings. The van der Waals surface area contributed by atoms with E-state index >= 15 is 0 Å². The normalized spacial score (nSPS) is 13.4. The summed E-state index contributed by atoms with van der Waals surface area (Å²) in [6.07, 6.45) is 7.97. The van der Waals surface area contributed by atoms with Crippen molar-refractivity contribution in [2.24, 2.45) is 0 Å². The van der Waals surface area contributed by atoms with E-state index in [4.69, 9.17) is 0 Å². The Balaban J connectivity index is 2.04. The zero-order chi connectivity index (χ0) is 13.9. The molecule has 0 saturated heterocycles. The first-order valence-corrected chi connectivity index (χ1v) is 9.45. The van der Waals surface area contributed by atoms with Crippen LogP contribution in [0.3, 0.4) is 0 Å². The van der Waals surface area contributed by atoms with Gasteiger partial charge in [-0.1, -0.05) is 0 Å². The Hall–Kier alpha value is -1.37. The van der Waals surface area contributed by atoms with Gasteiger partial charge in [-0.3, -0.25) is 0 Å². The van der Waals surface area contributed by atoms with Crippen LogP contribution in [0, 0.1) is 13.8 Å². The zero-order valence-electron chi connectivity index (χ0n) is 12.1. The van der Waals surface area contributed by atoms with Crippen LogP contribution in [0.15, 0.2) is 70.6 Å². The van der Waals surface area contributed by atoms with Gasteiger partial charge in [0.1, 0.15) is 0 Å². The third-order valence-corrected chi connectivity index (χ3v) is 8.20.